The number of nitrogens with zero attached hydrogens (tertiary/aromatic N) is 1. The topological polar surface area (TPSA) is 86.7 Å². The smallest absolute Gasteiger partial charge is 0.303 e. The summed E-state index contributed by atoms with van der Waals surface area (Å²) >= 11 is 0. The van der Waals surface area contributed by atoms with Gasteiger partial charge in [-0.15, -0.1) is 0 Å². The van der Waals surface area contributed by atoms with Crippen LogP contribution >= 0.6 is 0 Å². The summed E-state index contributed by atoms with van der Waals surface area (Å²) in [6.07, 6.45) is 3.84. The molecule has 2 fully saturated rings. The Balaban J connectivity index is 2.04. The SMILES string of the molecule is CC1C(=O)NCCN1C(=O)CC1(CC(=O)O)CCCC1. The van der Waals surface area contributed by atoms with Gasteiger partial charge in [0.2, 0.25) is 11.8 Å². The number of aliphatic carboxylic acids is 1. The summed E-state index contributed by atoms with van der Waals surface area (Å²) in [4.78, 5) is 36.7. The fourth-order valence-electron chi connectivity index (χ4n) is 3.41. The lowest BCUT2D eigenvalue weighted by atomic mass is 9.79. The highest BCUT2D eigenvalue weighted by Gasteiger charge is 2.40. The summed E-state index contributed by atoms with van der Waals surface area (Å²) in [5, 5.41) is 11.8. The zero-order chi connectivity index (χ0) is 14.8. The number of carbonyl (C=O) groups excluding carboxylic acids is 2. The number of nitrogens with one attached hydrogen (secondary N) is 1. The normalized spacial score (nSPS) is 25.4. The summed E-state index contributed by atoms with van der Waals surface area (Å²) in [5.41, 5.74) is -0.406. The van der Waals surface area contributed by atoms with Crippen LogP contribution in [-0.4, -0.2) is 46.9 Å². The largest absolute Gasteiger partial charge is 0.481 e. The van der Waals surface area contributed by atoms with Gasteiger partial charge in [0, 0.05) is 19.5 Å². The predicted octanol–water partition coefficient (Wildman–Crippen LogP) is 0.758. The first-order valence-corrected chi connectivity index (χ1v) is 7.22. The molecule has 2 rings (SSSR count). The third-order valence-corrected chi connectivity index (χ3v) is 4.54. The minimum atomic E-state index is -0.843. The molecule has 0 aromatic rings. The molecule has 1 saturated carbocycles. The van der Waals surface area contributed by atoms with Crippen LogP contribution in [0.4, 0.5) is 0 Å². The van der Waals surface area contributed by atoms with E-state index in [-0.39, 0.29) is 24.7 Å². The number of amides is 2. The molecular weight excluding hydrogens is 260 g/mol. The van der Waals surface area contributed by atoms with Gasteiger partial charge in [-0.3, -0.25) is 14.4 Å². The second kappa shape index (κ2) is 5.81. The molecule has 0 bridgehead atoms. The van der Waals surface area contributed by atoms with Gasteiger partial charge in [-0.05, 0) is 25.2 Å². The lowest BCUT2D eigenvalue weighted by Gasteiger charge is -2.36. The van der Waals surface area contributed by atoms with Crippen LogP contribution in [-0.2, 0) is 14.4 Å². The van der Waals surface area contributed by atoms with E-state index in [0.717, 1.165) is 25.7 Å². The maximum Gasteiger partial charge on any atom is 0.303 e. The molecule has 0 aromatic carbocycles. The summed E-state index contributed by atoms with van der Waals surface area (Å²) in [7, 11) is 0. The van der Waals surface area contributed by atoms with Crippen molar-refractivity contribution in [2.45, 2.75) is 51.5 Å². The molecule has 1 aliphatic heterocycles. The van der Waals surface area contributed by atoms with E-state index in [1.54, 1.807) is 11.8 Å². The lowest BCUT2D eigenvalue weighted by molar-refractivity contribution is -0.146. The summed E-state index contributed by atoms with van der Waals surface area (Å²) < 4.78 is 0. The second-order valence-corrected chi connectivity index (χ2v) is 6.01. The molecule has 1 atom stereocenters. The van der Waals surface area contributed by atoms with Gasteiger partial charge >= 0.3 is 5.97 Å². The third-order valence-electron chi connectivity index (χ3n) is 4.54. The van der Waals surface area contributed by atoms with Crippen molar-refractivity contribution in [3.05, 3.63) is 0 Å². The number of hydrogen-bond donors (Lipinski definition) is 2. The minimum absolute atomic E-state index is 0.0488. The Morgan fingerprint density at radius 1 is 1.35 bits per heavy atom. The Bertz CT molecular complexity index is 415. The minimum Gasteiger partial charge on any atom is -0.481 e. The van der Waals surface area contributed by atoms with E-state index >= 15 is 0 Å². The van der Waals surface area contributed by atoms with E-state index in [2.05, 4.69) is 5.32 Å². The van der Waals surface area contributed by atoms with Crippen molar-refractivity contribution in [1.82, 2.24) is 10.2 Å². The molecule has 6 heteroatoms. The lowest BCUT2D eigenvalue weighted by Crippen LogP contribution is -2.56. The fraction of sp³-hybridized carbons (Fsp3) is 0.786. The highest BCUT2D eigenvalue weighted by atomic mass is 16.4. The van der Waals surface area contributed by atoms with Gasteiger partial charge in [0.15, 0.2) is 0 Å². The van der Waals surface area contributed by atoms with Crippen molar-refractivity contribution < 1.29 is 19.5 Å². The van der Waals surface area contributed by atoms with E-state index < -0.39 is 17.4 Å². The number of hydrogen-bond acceptors (Lipinski definition) is 3. The van der Waals surface area contributed by atoms with Gasteiger partial charge in [0.05, 0.1) is 6.42 Å². The maximum atomic E-state index is 12.4. The Morgan fingerprint density at radius 3 is 2.60 bits per heavy atom. The van der Waals surface area contributed by atoms with Crippen LogP contribution in [0.15, 0.2) is 0 Å². The Labute approximate surface area is 118 Å². The maximum absolute atomic E-state index is 12.4. The van der Waals surface area contributed by atoms with Gasteiger partial charge in [0.25, 0.3) is 0 Å². The van der Waals surface area contributed by atoms with Crippen molar-refractivity contribution >= 4 is 17.8 Å². The molecule has 0 radical (unpaired) electrons. The standard InChI is InChI=1S/C14H22N2O4/c1-10-13(20)15-6-7-16(10)11(17)8-14(9-12(18)19)4-2-3-5-14/h10H,2-9H2,1H3,(H,15,20)(H,18,19). The zero-order valence-electron chi connectivity index (χ0n) is 11.9. The van der Waals surface area contributed by atoms with Crippen LogP contribution in [0.1, 0.15) is 45.4 Å². The molecule has 2 N–H and O–H groups in total. The van der Waals surface area contributed by atoms with E-state index in [1.165, 1.54) is 0 Å². The summed E-state index contributed by atoms with van der Waals surface area (Å²) in [5.74, 6) is -1.07. The molecular formula is C14H22N2O4. The molecule has 1 heterocycles. The van der Waals surface area contributed by atoms with Crippen LogP contribution in [0.5, 0.6) is 0 Å². The third kappa shape index (κ3) is 3.11. The van der Waals surface area contributed by atoms with Crippen LogP contribution < -0.4 is 5.32 Å². The number of rotatable bonds is 4. The molecule has 0 spiro atoms. The number of carboxylic acids is 1. The fourth-order valence-corrected chi connectivity index (χ4v) is 3.41. The molecule has 0 aromatic heterocycles. The van der Waals surface area contributed by atoms with Crippen LogP contribution in [0, 0.1) is 5.41 Å². The molecule has 1 unspecified atom stereocenters. The summed E-state index contributed by atoms with van der Waals surface area (Å²) in [6.45, 7) is 2.70. The van der Waals surface area contributed by atoms with Crippen molar-refractivity contribution in [3.8, 4) is 0 Å². The molecule has 1 saturated heterocycles. The van der Waals surface area contributed by atoms with Gasteiger partial charge in [-0.25, -0.2) is 0 Å². The average Bonchev–Trinajstić information content (AvgIpc) is 2.79. The molecule has 2 aliphatic rings. The van der Waals surface area contributed by atoms with E-state index in [1.807, 2.05) is 0 Å². The Hall–Kier alpha value is -1.59. The van der Waals surface area contributed by atoms with E-state index in [9.17, 15) is 14.4 Å². The quantitative estimate of drug-likeness (QED) is 0.797. The molecule has 1 aliphatic carbocycles. The van der Waals surface area contributed by atoms with E-state index in [0.29, 0.717) is 13.1 Å². The number of piperazine rings is 1. The van der Waals surface area contributed by atoms with Crippen molar-refractivity contribution in [2.75, 3.05) is 13.1 Å². The first kappa shape index (κ1) is 14.8. The predicted molar refractivity (Wildman–Crippen MR) is 72.0 cm³/mol. The molecule has 6 nitrogen and oxygen atoms in total. The molecule has 20 heavy (non-hydrogen) atoms. The van der Waals surface area contributed by atoms with Crippen LogP contribution in [0.3, 0.4) is 0 Å². The Morgan fingerprint density at radius 2 is 2.00 bits per heavy atom. The Kier molecular flexibility index (Phi) is 4.30. The highest BCUT2D eigenvalue weighted by molar-refractivity contribution is 5.88. The molecule has 2 amide bonds. The second-order valence-electron chi connectivity index (χ2n) is 6.01. The number of carbonyl (C=O) groups is 3. The average molecular weight is 282 g/mol. The number of carboxylic acid groups (broad SMARTS) is 1. The molecule has 112 valence electrons. The monoisotopic (exact) mass is 282 g/mol. The summed E-state index contributed by atoms with van der Waals surface area (Å²) in [6, 6.07) is -0.459. The zero-order valence-corrected chi connectivity index (χ0v) is 11.9. The van der Waals surface area contributed by atoms with Gasteiger partial charge in [-0.1, -0.05) is 12.8 Å². The van der Waals surface area contributed by atoms with E-state index in [4.69, 9.17) is 5.11 Å². The first-order chi connectivity index (χ1) is 9.43. The van der Waals surface area contributed by atoms with Crippen molar-refractivity contribution in [1.29, 1.82) is 0 Å². The first-order valence-electron chi connectivity index (χ1n) is 7.22. The van der Waals surface area contributed by atoms with Crippen LogP contribution in [0.25, 0.3) is 0 Å². The van der Waals surface area contributed by atoms with Crippen molar-refractivity contribution in [2.24, 2.45) is 5.41 Å². The van der Waals surface area contributed by atoms with Gasteiger partial charge in [-0.2, -0.15) is 0 Å². The van der Waals surface area contributed by atoms with Crippen LogP contribution in [0.2, 0.25) is 0 Å². The van der Waals surface area contributed by atoms with Crippen molar-refractivity contribution in [3.63, 3.8) is 0 Å². The van der Waals surface area contributed by atoms with Gasteiger partial charge < -0.3 is 15.3 Å². The van der Waals surface area contributed by atoms with Gasteiger partial charge in [0.1, 0.15) is 6.04 Å². The highest BCUT2D eigenvalue weighted by Crippen LogP contribution is 2.44.